The summed E-state index contributed by atoms with van der Waals surface area (Å²) in [5, 5.41) is 13.4. The number of carbonyl (C=O) groups is 1. The lowest BCUT2D eigenvalue weighted by Crippen LogP contribution is -2.14. The highest BCUT2D eigenvalue weighted by atomic mass is 19.4. The molecule has 5 nitrogen and oxygen atoms in total. The first-order valence-electron chi connectivity index (χ1n) is 6.87. The molecule has 0 aliphatic rings. The lowest BCUT2D eigenvalue weighted by Gasteiger charge is -2.10. The third-order valence-corrected chi connectivity index (χ3v) is 3.07. The lowest BCUT2D eigenvalue weighted by atomic mass is 10.1. The van der Waals surface area contributed by atoms with Gasteiger partial charge in [-0.3, -0.25) is 4.68 Å². The molecule has 1 aromatic heterocycles. The number of ether oxygens (including phenoxy) is 1. The third kappa shape index (κ3) is 4.10. The van der Waals surface area contributed by atoms with E-state index in [9.17, 15) is 23.1 Å². The number of hydrogen-bond donors (Lipinski definition) is 1. The van der Waals surface area contributed by atoms with E-state index in [2.05, 4.69) is 9.84 Å². The Labute approximate surface area is 130 Å². The average molecular weight is 328 g/mol. The highest BCUT2D eigenvalue weighted by Gasteiger charge is 2.39. The van der Waals surface area contributed by atoms with E-state index in [4.69, 9.17) is 0 Å². The number of alkyl halides is 3. The Morgan fingerprint density at radius 3 is 2.57 bits per heavy atom. The van der Waals surface area contributed by atoms with Crippen molar-refractivity contribution in [2.24, 2.45) is 0 Å². The molecule has 0 fully saturated rings. The molecule has 23 heavy (non-hydrogen) atoms. The second-order valence-electron chi connectivity index (χ2n) is 4.76. The molecule has 1 N–H and O–H groups in total. The normalized spacial score (nSPS) is 12.9. The summed E-state index contributed by atoms with van der Waals surface area (Å²) < 4.78 is 44.4. The minimum Gasteiger partial charge on any atom is -0.462 e. The van der Waals surface area contributed by atoms with Crippen molar-refractivity contribution < 1.29 is 27.8 Å². The molecular weight excluding hydrogens is 313 g/mol. The quantitative estimate of drug-likeness (QED) is 0.857. The topological polar surface area (TPSA) is 64.3 Å². The van der Waals surface area contributed by atoms with E-state index in [1.807, 2.05) is 0 Å². The Morgan fingerprint density at radius 2 is 2.00 bits per heavy atom. The van der Waals surface area contributed by atoms with Crippen LogP contribution in [-0.2, 0) is 17.5 Å². The van der Waals surface area contributed by atoms with E-state index in [1.54, 1.807) is 30.3 Å². The van der Waals surface area contributed by atoms with Crippen LogP contribution in [0, 0.1) is 0 Å². The minimum absolute atomic E-state index is 0.0477. The molecule has 0 aliphatic carbocycles. The van der Waals surface area contributed by atoms with Gasteiger partial charge in [0, 0.05) is 6.20 Å². The predicted octanol–water partition coefficient (Wildman–Crippen LogP) is 2.81. The van der Waals surface area contributed by atoms with Gasteiger partial charge in [-0.05, 0) is 12.5 Å². The number of rotatable bonds is 5. The van der Waals surface area contributed by atoms with Gasteiger partial charge in [-0.15, -0.1) is 0 Å². The zero-order chi connectivity index (χ0) is 17.0. The van der Waals surface area contributed by atoms with Crippen LogP contribution in [-0.4, -0.2) is 27.5 Å². The van der Waals surface area contributed by atoms with Gasteiger partial charge in [0.05, 0.1) is 19.3 Å². The van der Waals surface area contributed by atoms with Gasteiger partial charge in [0.25, 0.3) is 0 Å². The molecule has 0 unspecified atom stereocenters. The summed E-state index contributed by atoms with van der Waals surface area (Å²) in [6.45, 7) is 1.23. The Kier molecular flexibility index (Phi) is 5.05. The summed E-state index contributed by atoms with van der Waals surface area (Å²) in [5.41, 5.74) is -1.45. The van der Waals surface area contributed by atoms with Gasteiger partial charge in [-0.1, -0.05) is 30.3 Å². The van der Waals surface area contributed by atoms with Crippen molar-refractivity contribution in [3.8, 4) is 0 Å². The van der Waals surface area contributed by atoms with Gasteiger partial charge in [0.2, 0.25) is 0 Å². The van der Waals surface area contributed by atoms with E-state index in [1.165, 1.54) is 6.92 Å². The summed E-state index contributed by atoms with van der Waals surface area (Å²) in [6, 6.07) is 8.45. The molecule has 0 saturated carbocycles. The van der Waals surface area contributed by atoms with Crippen molar-refractivity contribution in [3.63, 3.8) is 0 Å². The molecule has 0 bridgehead atoms. The van der Waals surface area contributed by atoms with Crippen molar-refractivity contribution in [2.45, 2.75) is 25.7 Å². The van der Waals surface area contributed by atoms with Gasteiger partial charge in [0.15, 0.2) is 5.69 Å². The second-order valence-corrected chi connectivity index (χ2v) is 4.76. The molecule has 1 atom stereocenters. The van der Waals surface area contributed by atoms with Crippen LogP contribution in [0.5, 0.6) is 0 Å². The number of hydrogen-bond acceptors (Lipinski definition) is 4. The van der Waals surface area contributed by atoms with E-state index < -0.39 is 29.5 Å². The number of nitrogens with zero attached hydrogens (tertiary/aromatic N) is 2. The molecule has 0 saturated heterocycles. The highest BCUT2D eigenvalue weighted by molar-refractivity contribution is 5.90. The van der Waals surface area contributed by atoms with Crippen molar-refractivity contribution in [1.29, 1.82) is 0 Å². The molecule has 8 heteroatoms. The smallest absolute Gasteiger partial charge is 0.436 e. The summed E-state index contributed by atoms with van der Waals surface area (Å²) in [5.74, 6) is -1.10. The zero-order valence-corrected chi connectivity index (χ0v) is 12.2. The Balaban J connectivity index is 2.28. The molecule has 1 aromatic carbocycles. The first-order chi connectivity index (χ1) is 10.8. The fraction of sp³-hybridized carbons (Fsp3) is 0.333. The maximum Gasteiger partial charge on any atom is 0.436 e. The summed E-state index contributed by atoms with van der Waals surface area (Å²) in [7, 11) is 0. The molecule has 2 rings (SSSR count). The van der Waals surface area contributed by atoms with E-state index in [0.717, 1.165) is 10.9 Å². The molecular formula is C15H15F3N2O3. The standard InChI is InChI=1S/C15H15F3N2O3/c1-2-23-14(22)11-8-20(19-13(11)15(16,17)18)9-12(21)10-6-4-3-5-7-10/h3-8,12,21H,2,9H2,1H3/t12-/m1/s1. The van der Waals surface area contributed by atoms with Crippen LogP contribution >= 0.6 is 0 Å². The third-order valence-electron chi connectivity index (χ3n) is 3.07. The maximum atomic E-state index is 13.0. The number of benzene rings is 1. The van der Waals surface area contributed by atoms with Crippen molar-refractivity contribution in [2.75, 3.05) is 6.61 Å². The number of halogens is 3. The average Bonchev–Trinajstić information content (AvgIpc) is 2.92. The first kappa shape index (κ1) is 17.0. The maximum absolute atomic E-state index is 13.0. The fourth-order valence-corrected chi connectivity index (χ4v) is 2.04. The minimum atomic E-state index is -4.79. The first-order valence-corrected chi connectivity index (χ1v) is 6.87. The Hall–Kier alpha value is -2.35. The zero-order valence-electron chi connectivity index (χ0n) is 12.2. The van der Waals surface area contributed by atoms with Gasteiger partial charge < -0.3 is 9.84 Å². The summed E-state index contributed by atoms with van der Waals surface area (Å²) in [6.07, 6.45) is -4.90. The monoisotopic (exact) mass is 328 g/mol. The van der Waals surface area contributed by atoms with Crippen LogP contribution in [0.1, 0.15) is 34.6 Å². The second kappa shape index (κ2) is 6.82. The summed E-state index contributed by atoms with van der Waals surface area (Å²) >= 11 is 0. The molecule has 0 aliphatic heterocycles. The van der Waals surface area contributed by atoms with E-state index >= 15 is 0 Å². The molecule has 124 valence electrons. The van der Waals surface area contributed by atoms with Gasteiger partial charge in [0.1, 0.15) is 5.56 Å². The van der Waals surface area contributed by atoms with Crippen molar-refractivity contribution in [3.05, 3.63) is 53.3 Å². The van der Waals surface area contributed by atoms with Crippen molar-refractivity contribution in [1.82, 2.24) is 9.78 Å². The van der Waals surface area contributed by atoms with Crippen LogP contribution in [0.3, 0.4) is 0 Å². The van der Waals surface area contributed by atoms with Gasteiger partial charge >= 0.3 is 12.1 Å². The van der Waals surface area contributed by atoms with Crippen LogP contribution in [0.15, 0.2) is 36.5 Å². The molecule has 1 heterocycles. The van der Waals surface area contributed by atoms with Crippen LogP contribution in [0.25, 0.3) is 0 Å². The van der Waals surface area contributed by atoms with Crippen molar-refractivity contribution >= 4 is 5.97 Å². The Bertz CT molecular complexity index is 668. The van der Waals surface area contributed by atoms with E-state index in [0.29, 0.717) is 5.56 Å². The molecule has 2 aromatic rings. The number of aromatic nitrogens is 2. The lowest BCUT2D eigenvalue weighted by molar-refractivity contribution is -0.142. The highest BCUT2D eigenvalue weighted by Crippen LogP contribution is 2.31. The molecule has 0 radical (unpaired) electrons. The molecule has 0 amide bonds. The van der Waals surface area contributed by atoms with Gasteiger partial charge in [-0.2, -0.15) is 18.3 Å². The fourth-order valence-electron chi connectivity index (χ4n) is 2.04. The van der Waals surface area contributed by atoms with Crippen LogP contribution < -0.4 is 0 Å². The number of aliphatic hydroxyl groups excluding tert-OH is 1. The van der Waals surface area contributed by atoms with Crippen LogP contribution in [0.4, 0.5) is 13.2 Å². The SMILES string of the molecule is CCOC(=O)c1cn(C[C@@H](O)c2ccccc2)nc1C(F)(F)F. The van der Waals surface area contributed by atoms with Crippen LogP contribution in [0.2, 0.25) is 0 Å². The number of aliphatic hydroxyl groups is 1. The predicted molar refractivity (Wildman–Crippen MR) is 74.6 cm³/mol. The van der Waals surface area contributed by atoms with E-state index in [-0.39, 0.29) is 13.2 Å². The molecule has 0 spiro atoms. The number of carbonyl (C=O) groups excluding carboxylic acids is 1. The Morgan fingerprint density at radius 1 is 1.35 bits per heavy atom. The van der Waals surface area contributed by atoms with Gasteiger partial charge in [-0.25, -0.2) is 4.79 Å². The largest absolute Gasteiger partial charge is 0.462 e. The number of esters is 1. The summed E-state index contributed by atoms with van der Waals surface area (Å²) in [4.78, 5) is 11.6.